The fraction of sp³-hybridized carbons (Fsp3) is 0.182. The number of para-hydroxylation sites is 2. The molecular weight excluding hydrogens is 358 g/mol. The highest BCUT2D eigenvalue weighted by atomic mass is 16.5. The Morgan fingerprint density at radius 2 is 1.61 bits per heavy atom. The fourth-order valence-corrected chi connectivity index (χ4v) is 2.67. The first-order valence-corrected chi connectivity index (χ1v) is 8.86. The van der Waals surface area contributed by atoms with Crippen LogP contribution in [0.5, 0.6) is 11.5 Å². The lowest BCUT2D eigenvalue weighted by molar-refractivity contribution is -0.124. The van der Waals surface area contributed by atoms with E-state index >= 15 is 0 Å². The van der Waals surface area contributed by atoms with Gasteiger partial charge in [0, 0.05) is 0 Å². The van der Waals surface area contributed by atoms with Crippen LogP contribution in [0.4, 0.5) is 0 Å². The Morgan fingerprint density at radius 1 is 0.893 bits per heavy atom. The number of hydrogen-bond acceptors (Lipinski definition) is 5. The van der Waals surface area contributed by atoms with E-state index in [2.05, 4.69) is 5.32 Å². The van der Waals surface area contributed by atoms with Gasteiger partial charge in [-0.3, -0.25) is 4.79 Å². The molecule has 0 unspecified atom stereocenters. The van der Waals surface area contributed by atoms with Crippen molar-refractivity contribution in [2.75, 3.05) is 26.9 Å². The summed E-state index contributed by atoms with van der Waals surface area (Å²) in [6.45, 7) is 0.204. The van der Waals surface area contributed by atoms with Crippen LogP contribution >= 0.6 is 0 Å². The Balaban J connectivity index is 1.41. The number of amides is 1. The van der Waals surface area contributed by atoms with Crippen LogP contribution in [-0.2, 0) is 9.53 Å². The molecule has 0 aromatic heterocycles. The molecule has 0 fully saturated rings. The SMILES string of the molecule is COc1ccccc1OCCNC(=O)COC(=O)c1ccc2ccccc2c1. The predicted octanol–water partition coefficient (Wildman–Crippen LogP) is 3.20. The summed E-state index contributed by atoms with van der Waals surface area (Å²) in [6.07, 6.45) is 0. The van der Waals surface area contributed by atoms with Crippen LogP contribution in [-0.4, -0.2) is 38.7 Å². The van der Waals surface area contributed by atoms with Crippen LogP contribution in [0.2, 0.25) is 0 Å². The lowest BCUT2D eigenvalue weighted by Crippen LogP contribution is -2.32. The van der Waals surface area contributed by atoms with Gasteiger partial charge in [-0.05, 0) is 35.0 Å². The number of ether oxygens (including phenoxy) is 3. The fourth-order valence-electron chi connectivity index (χ4n) is 2.67. The molecule has 6 nitrogen and oxygen atoms in total. The van der Waals surface area contributed by atoms with E-state index in [1.165, 1.54) is 0 Å². The number of benzene rings is 3. The summed E-state index contributed by atoms with van der Waals surface area (Å²) in [5.41, 5.74) is 0.408. The molecule has 0 atom stereocenters. The van der Waals surface area contributed by atoms with Crippen LogP contribution in [0, 0.1) is 0 Å². The molecule has 3 rings (SSSR count). The zero-order valence-electron chi connectivity index (χ0n) is 15.5. The molecule has 0 aliphatic carbocycles. The molecule has 0 bridgehead atoms. The van der Waals surface area contributed by atoms with E-state index in [-0.39, 0.29) is 19.8 Å². The van der Waals surface area contributed by atoms with E-state index < -0.39 is 11.9 Å². The van der Waals surface area contributed by atoms with E-state index in [4.69, 9.17) is 14.2 Å². The quantitative estimate of drug-likeness (QED) is 0.481. The van der Waals surface area contributed by atoms with Crippen LogP contribution in [0.15, 0.2) is 66.7 Å². The van der Waals surface area contributed by atoms with E-state index in [0.717, 1.165) is 10.8 Å². The third kappa shape index (κ3) is 5.01. The van der Waals surface area contributed by atoms with Crippen molar-refractivity contribution in [3.8, 4) is 11.5 Å². The Kier molecular flexibility index (Phi) is 6.46. The Morgan fingerprint density at radius 3 is 2.39 bits per heavy atom. The highest BCUT2D eigenvalue weighted by molar-refractivity contribution is 5.96. The maximum atomic E-state index is 12.1. The topological polar surface area (TPSA) is 73.9 Å². The molecule has 3 aromatic carbocycles. The van der Waals surface area contributed by atoms with Gasteiger partial charge in [0.2, 0.25) is 0 Å². The van der Waals surface area contributed by atoms with Crippen LogP contribution < -0.4 is 14.8 Å². The third-order valence-electron chi connectivity index (χ3n) is 4.07. The smallest absolute Gasteiger partial charge is 0.338 e. The molecule has 0 spiro atoms. The molecule has 0 saturated carbocycles. The second-order valence-electron chi connectivity index (χ2n) is 5.99. The number of fused-ring (bicyclic) bond motifs is 1. The zero-order valence-corrected chi connectivity index (χ0v) is 15.5. The summed E-state index contributed by atoms with van der Waals surface area (Å²) in [5.74, 6) is 0.295. The maximum Gasteiger partial charge on any atom is 0.338 e. The van der Waals surface area contributed by atoms with Crippen molar-refractivity contribution in [1.82, 2.24) is 5.32 Å². The molecule has 1 amide bonds. The van der Waals surface area contributed by atoms with Gasteiger partial charge < -0.3 is 19.5 Å². The van der Waals surface area contributed by atoms with E-state index in [9.17, 15) is 9.59 Å². The average Bonchev–Trinajstić information content (AvgIpc) is 2.75. The Hall–Kier alpha value is -3.54. The van der Waals surface area contributed by atoms with Crippen molar-refractivity contribution in [2.45, 2.75) is 0 Å². The third-order valence-corrected chi connectivity index (χ3v) is 4.07. The van der Waals surface area contributed by atoms with Crippen molar-refractivity contribution < 1.29 is 23.8 Å². The summed E-state index contributed by atoms with van der Waals surface area (Å²) in [5, 5.41) is 4.62. The van der Waals surface area contributed by atoms with Crippen LogP contribution in [0.25, 0.3) is 10.8 Å². The van der Waals surface area contributed by atoms with Gasteiger partial charge >= 0.3 is 5.97 Å². The van der Waals surface area contributed by atoms with Crippen molar-refractivity contribution in [3.05, 3.63) is 72.3 Å². The van der Waals surface area contributed by atoms with Crippen molar-refractivity contribution in [3.63, 3.8) is 0 Å². The molecule has 144 valence electrons. The molecule has 3 aromatic rings. The standard InChI is InChI=1S/C22H21NO5/c1-26-19-8-4-5-9-20(19)27-13-12-23-21(24)15-28-22(25)18-11-10-16-6-2-3-7-17(16)14-18/h2-11,14H,12-13,15H2,1H3,(H,23,24). The minimum absolute atomic E-state index is 0.269. The Bertz CT molecular complexity index is 970. The van der Waals surface area contributed by atoms with Crippen LogP contribution in [0.3, 0.4) is 0 Å². The number of esters is 1. The molecule has 28 heavy (non-hydrogen) atoms. The number of nitrogens with one attached hydrogen (secondary N) is 1. The molecule has 6 heteroatoms. The first kappa shape index (κ1) is 19.2. The highest BCUT2D eigenvalue weighted by Gasteiger charge is 2.11. The normalized spacial score (nSPS) is 10.3. The minimum atomic E-state index is -0.536. The highest BCUT2D eigenvalue weighted by Crippen LogP contribution is 2.25. The van der Waals surface area contributed by atoms with Gasteiger partial charge in [0.15, 0.2) is 18.1 Å². The van der Waals surface area contributed by atoms with Crippen LogP contribution in [0.1, 0.15) is 10.4 Å². The molecular formula is C22H21NO5. The second-order valence-corrected chi connectivity index (χ2v) is 5.99. The lowest BCUT2D eigenvalue weighted by Gasteiger charge is -2.11. The van der Waals surface area contributed by atoms with Gasteiger partial charge in [0.1, 0.15) is 6.61 Å². The summed E-state index contributed by atoms with van der Waals surface area (Å²) < 4.78 is 15.8. The van der Waals surface area contributed by atoms with Crippen molar-refractivity contribution in [2.24, 2.45) is 0 Å². The monoisotopic (exact) mass is 379 g/mol. The van der Waals surface area contributed by atoms with Crippen molar-refractivity contribution >= 4 is 22.6 Å². The minimum Gasteiger partial charge on any atom is -0.493 e. The maximum absolute atomic E-state index is 12.1. The van der Waals surface area contributed by atoms with E-state index in [0.29, 0.717) is 17.1 Å². The summed E-state index contributed by atoms with van der Waals surface area (Å²) in [4.78, 5) is 24.0. The zero-order chi connectivity index (χ0) is 19.8. The van der Waals surface area contributed by atoms with Gasteiger partial charge in [0.05, 0.1) is 19.2 Å². The van der Waals surface area contributed by atoms with E-state index in [1.807, 2.05) is 42.5 Å². The van der Waals surface area contributed by atoms with Crippen molar-refractivity contribution in [1.29, 1.82) is 0 Å². The first-order valence-electron chi connectivity index (χ1n) is 8.86. The molecule has 0 aliphatic rings. The summed E-state index contributed by atoms with van der Waals surface area (Å²) in [6, 6.07) is 20.2. The average molecular weight is 379 g/mol. The molecule has 0 radical (unpaired) electrons. The van der Waals surface area contributed by atoms with Gasteiger partial charge in [-0.15, -0.1) is 0 Å². The predicted molar refractivity (Wildman–Crippen MR) is 106 cm³/mol. The first-order chi connectivity index (χ1) is 13.7. The lowest BCUT2D eigenvalue weighted by atomic mass is 10.1. The van der Waals surface area contributed by atoms with E-state index in [1.54, 1.807) is 31.4 Å². The van der Waals surface area contributed by atoms with Gasteiger partial charge in [-0.2, -0.15) is 0 Å². The number of carbonyl (C=O) groups excluding carboxylic acids is 2. The van der Waals surface area contributed by atoms with Gasteiger partial charge in [-0.25, -0.2) is 4.79 Å². The molecule has 0 saturated heterocycles. The molecule has 0 aliphatic heterocycles. The summed E-state index contributed by atoms with van der Waals surface area (Å²) in [7, 11) is 1.56. The molecule has 1 N–H and O–H groups in total. The largest absolute Gasteiger partial charge is 0.493 e. The second kappa shape index (κ2) is 9.41. The number of hydrogen-bond donors (Lipinski definition) is 1. The summed E-state index contributed by atoms with van der Waals surface area (Å²) >= 11 is 0. The van der Waals surface area contributed by atoms with Gasteiger partial charge in [-0.1, -0.05) is 42.5 Å². The van der Waals surface area contributed by atoms with Gasteiger partial charge in [0.25, 0.3) is 5.91 Å². The number of carbonyl (C=O) groups is 2. The number of rotatable bonds is 8. The number of methoxy groups -OCH3 is 1. The Labute approximate surface area is 163 Å². The molecule has 0 heterocycles.